The fourth-order valence-corrected chi connectivity index (χ4v) is 9.77. The number of hydrogen-bond donors (Lipinski definition) is 2. The first-order valence-corrected chi connectivity index (χ1v) is 20.4. The minimum atomic E-state index is -1.72. The van der Waals surface area contributed by atoms with Gasteiger partial charge in [-0.3, -0.25) is 28.9 Å². The second kappa shape index (κ2) is 17.0. The van der Waals surface area contributed by atoms with Crippen molar-refractivity contribution in [2.45, 2.75) is 68.2 Å². The molecule has 0 radical (unpaired) electrons. The Kier molecular flexibility index (Phi) is 11.4. The molecule has 2 N–H and O–H groups in total. The summed E-state index contributed by atoms with van der Waals surface area (Å²) in [6, 6.07) is 28.2. The van der Waals surface area contributed by atoms with E-state index < -0.39 is 65.3 Å². The molecule has 4 aliphatic heterocycles. The van der Waals surface area contributed by atoms with Crippen LogP contribution in [0.1, 0.15) is 84.5 Å². The molecule has 0 aromatic heterocycles. The van der Waals surface area contributed by atoms with Gasteiger partial charge >= 0.3 is 17.9 Å². The Morgan fingerprint density at radius 2 is 1.42 bits per heavy atom. The van der Waals surface area contributed by atoms with Crippen molar-refractivity contribution in [3.05, 3.63) is 131 Å². The molecule has 4 aromatic rings. The number of nitrogens with one attached hydrogen (secondary N) is 1. The summed E-state index contributed by atoms with van der Waals surface area (Å²) < 4.78 is 16.2. The third kappa shape index (κ3) is 7.06. The zero-order valence-electron chi connectivity index (χ0n) is 33.5. The van der Waals surface area contributed by atoms with Crippen molar-refractivity contribution in [3.63, 3.8) is 0 Å². The van der Waals surface area contributed by atoms with Gasteiger partial charge in [0.25, 0.3) is 0 Å². The molecular weight excluding hydrogens is 763 g/mol. The number of carbonyl (C=O) groups is 5. The number of amides is 2. The molecule has 12 nitrogen and oxygen atoms in total. The lowest BCUT2D eigenvalue weighted by atomic mass is 9.65. The Labute approximate surface area is 348 Å². The third-order valence-electron chi connectivity index (χ3n) is 12.5. The van der Waals surface area contributed by atoms with Crippen LogP contribution in [0, 0.1) is 23.7 Å². The number of rotatable bonds is 7. The molecule has 0 bridgehead atoms. The number of anilines is 1. The largest absolute Gasteiger partial charge is 0.508 e. The highest BCUT2D eigenvalue weighted by Gasteiger charge is 2.74. The van der Waals surface area contributed by atoms with Gasteiger partial charge < -0.3 is 29.5 Å². The van der Waals surface area contributed by atoms with E-state index in [2.05, 4.69) is 17.2 Å². The van der Waals surface area contributed by atoms with Gasteiger partial charge in [-0.1, -0.05) is 104 Å². The first kappa shape index (κ1) is 40.3. The summed E-state index contributed by atoms with van der Waals surface area (Å²) in [5.41, 5.74) is 1.87. The Morgan fingerprint density at radius 1 is 0.800 bits per heavy atom. The summed E-state index contributed by atoms with van der Waals surface area (Å²) in [7, 11) is 2.36. The van der Waals surface area contributed by atoms with Gasteiger partial charge in [-0.25, -0.2) is 0 Å². The number of esters is 3. The van der Waals surface area contributed by atoms with Crippen LogP contribution in [0.4, 0.5) is 5.69 Å². The molecule has 6 atom stereocenters. The summed E-state index contributed by atoms with van der Waals surface area (Å²) in [5, 5.41) is 13.7. The quantitative estimate of drug-likeness (QED) is 0.0962. The number of ether oxygens (including phenoxy) is 3. The van der Waals surface area contributed by atoms with E-state index in [1.165, 1.54) is 14.2 Å². The van der Waals surface area contributed by atoms with Gasteiger partial charge in [-0.15, -0.1) is 0 Å². The number of fused-ring (bicyclic) bond motifs is 3. The number of cyclic esters (lactones) is 1. The maximum Gasteiger partial charge on any atom is 0.324 e. The number of nitrogens with zero attached hydrogens (tertiary/aromatic N) is 2. The number of methoxy groups -OCH3 is 2. The average Bonchev–Trinajstić information content (AvgIpc) is 3.73. The number of hydrogen-bond acceptors (Lipinski definition) is 10. The lowest BCUT2D eigenvalue weighted by Gasteiger charge is -2.46. The standard InChI is InChI=1S/C48H47N3O9/c1-58-44(54)35(45(55)59-2)20-14-15-30-21-26-37-36(29-30)48(47(57)49-37)38(43(53)50-27-12-4-3-5-13-28-50)40-46(56)60-41(32-18-10-7-11-19-32)39(31-16-8-6-9-17-31)51(40)42(48)33-22-24-34(52)25-23-33/h6-11,16-19,21-26,29,35,38-42,52H,3-5,12-13,20,27-28H2,1-2H3,(H,49,57)/t38-,39-,40-,41+,42+,48-/m1/s1. The van der Waals surface area contributed by atoms with Gasteiger partial charge in [0.15, 0.2) is 5.92 Å². The maximum absolute atomic E-state index is 15.7. The monoisotopic (exact) mass is 809 g/mol. The van der Waals surface area contributed by atoms with Crippen LogP contribution < -0.4 is 5.32 Å². The Balaban J connectivity index is 1.38. The second-order valence-corrected chi connectivity index (χ2v) is 15.8. The number of likely N-dealkylation sites (tertiary alicyclic amines) is 1. The molecule has 0 aliphatic carbocycles. The molecule has 8 rings (SSSR count). The van der Waals surface area contributed by atoms with E-state index >= 15 is 14.4 Å². The first-order valence-electron chi connectivity index (χ1n) is 20.4. The van der Waals surface area contributed by atoms with Gasteiger partial charge in [0.05, 0.1) is 32.2 Å². The molecule has 0 unspecified atom stereocenters. The Hall–Kier alpha value is -6.45. The van der Waals surface area contributed by atoms with E-state index in [4.69, 9.17) is 14.2 Å². The molecule has 1 spiro atoms. The summed E-state index contributed by atoms with van der Waals surface area (Å²) in [6.45, 7) is 0.959. The second-order valence-electron chi connectivity index (χ2n) is 15.8. The van der Waals surface area contributed by atoms with Crippen molar-refractivity contribution < 1.29 is 43.3 Å². The van der Waals surface area contributed by atoms with E-state index in [9.17, 15) is 14.7 Å². The normalized spacial score (nSPS) is 24.9. The number of benzene rings is 4. The molecule has 2 amide bonds. The van der Waals surface area contributed by atoms with Crippen molar-refractivity contribution in [1.29, 1.82) is 0 Å². The van der Waals surface area contributed by atoms with Crippen molar-refractivity contribution in [3.8, 4) is 17.6 Å². The number of phenols is 1. The number of aromatic hydroxyl groups is 1. The summed E-state index contributed by atoms with van der Waals surface area (Å²) in [4.78, 5) is 74.9. The van der Waals surface area contributed by atoms with Crippen LogP contribution in [0.2, 0.25) is 0 Å². The van der Waals surface area contributed by atoms with E-state index in [1.807, 2.05) is 70.5 Å². The van der Waals surface area contributed by atoms with Gasteiger partial charge in [-0.05, 0) is 65.4 Å². The van der Waals surface area contributed by atoms with Crippen molar-refractivity contribution >= 4 is 35.4 Å². The highest BCUT2D eigenvalue weighted by Crippen LogP contribution is 2.65. The first-order chi connectivity index (χ1) is 29.2. The number of carbonyl (C=O) groups excluding carboxylic acids is 5. The van der Waals surface area contributed by atoms with Crippen molar-refractivity contribution in [2.75, 3.05) is 32.6 Å². The molecule has 3 fully saturated rings. The Bertz CT molecular complexity index is 2320. The molecule has 0 saturated carbocycles. The predicted molar refractivity (Wildman–Crippen MR) is 220 cm³/mol. The minimum absolute atomic E-state index is 0.0153. The minimum Gasteiger partial charge on any atom is -0.508 e. The van der Waals surface area contributed by atoms with Crippen LogP contribution in [-0.2, 0) is 43.6 Å². The zero-order chi connectivity index (χ0) is 42.0. The molecule has 4 heterocycles. The third-order valence-corrected chi connectivity index (χ3v) is 12.5. The van der Waals surface area contributed by atoms with Crippen LogP contribution in [0.15, 0.2) is 103 Å². The summed E-state index contributed by atoms with van der Waals surface area (Å²) >= 11 is 0. The van der Waals surface area contributed by atoms with Crippen LogP contribution in [0.25, 0.3) is 0 Å². The van der Waals surface area contributed by atoms with Gasteiger partial charge in [0, 0.05) is 30.8 Å². The smallest absolute Gasteiger partial charge is 0.324 e. The summed E-state index contributed by atoms with van der Waals surface area (Å²) in [5.74, 6) is 0.553. The lowest BCUT2D eigenvalue weighted by molar-refractivity contribution is -0.179. The van der Waals surface area contributed by atoms with E-state index in [-0.39, 0.29) is 18.1 Å². The molecular formula is C48H47N3O9. The SMILES string of the molecule is COC(=O)C(CC#Cc1ccc2c(c1)[C@]1(C(=O)N2)[C@H](c2ccc(O)cc2)N2[C@H](c3ccccc3)[C@H](c3ccccc3)OC(=O)[C@H]2[C@@H]1C(=O)N1CCCCCCC1)C(=O)OC. The maximum atomic E-state index is 15.7. The van der Waals surface area contributed by atoms with Crippen molar-refractivity contribution in [2.24, 2.45) is 11.8 Å². The topological polar surface area (TPSA) is 152 Å². The number of morpholine rings is 1. The molecule has 3 saturated heterocycles. The van der Waals surface area contributed by atoms with E-state index in [0.29, 0.717) is 35.5 Å². The molecule has 4 aliphatic rings. The molecule has 308 valence electrons. The van der Waals surface area contributed by atoms with Gasteiger partial charge in [0.1, 0.15) is 23.3 Å². The fourth-order valence-electron chi connectivity index (χ4n) is 9.77. The highest BCUT2D eigenvalue weighted by atomic mass is 16.6. The molecule has 12 heteroatoms. The van der Waals surface area contributed by atoms with Crippen LogP contribution >= 0.6 is 0 Å². The molecule has 60 heavy (non-hydrogen) atoms. The fraction of sp³-hybridized carbons (Fsp3) is 0.354. The highest BCUT2D eigenvalue weighted by molar-refractivity contribution is 6.12. The average molecular weight is 810 g/mol. The van der Waals surface area contributed by atoms with E-state index in [1.54, 1.807) is 42.5 Å². The van der Waals surface area contributed by atoms with E-state index in [0.717, 1.165) is 43.2 Å². The predicted octanol–water partition coefficient (Wildman–Crippen LogP) is 6.16. The summed E-state index contributed by atoms with van der Waals surface area (Å²) in [6.07, 6.45) is 3.56. The number of phenolic OH excluding ortho intramolecular Hbond substituents is 1. The zero-order valence-corrected chi connectivity index (χ0v) is 33.5. The lowest BCUT2D eigenvalue weighted by Crippen LogP contribution is -2.55. The van der Waals surface area contributed by atoms with Crippen molar-refractivity contribution in [1.82, 2.24) is 9.80 Å². The van der Waals surface area contributed by atoms with Crippen LogP contribution in [0.3, 0.4) is 0 Å². The van der Waals surface area contributed by atoms with Crippen LogP contribution in [0.5, 0.6) is 5.75 Å². The van der Waals surface area contributed by atoms with Gasteiger partial charge in [0.2, 0.25) is 11.8 Å². The van der Waals surface area contributed by atoms with Gasteiger partial charge in [-0.2, -0.15) is 0 Å². The Morgan fingerprint density at radius 3 is 2.05 bits per heavy atom. The van der Waals surface area contributed by atoms with Crippen LogP contribution in [-0.4, -0.2) is 78.0 Å². The molecule has 4 aromatic carbocycles.